The zero-order valence-corrected chi connectivity index (χ0v) is 11.9. The predicted octanol–water partition coefficient (Wildman–Crippen LogP) is 1.58. The Labute approximate surface area is 121 Å². The van der Waals surface area contributed by atoms with Gasteiger partial charge in [-0.05, 0) is 23.6 Å². The van der Waals surface area contributed by atoms with E-state index in [1.165, 1.54) is 15.8 Å². The van der Waals surface area contributed by atoms with Gasteiger partial charge in [-0.15, -0.1) is 0 Å². The number of fused-ring (bicyclic) bond motifs is 1. The zero-order valence-electron chi connectivity index (χ0n) is 11.1. The molecular formula is C14H15ClN4O. The third-order valence-electron chi connectivity index (χ3n) is 3.70. The van der Waals surface area contributed by atoms with Gasteiger partial charge in [0, 0.05) is 25.8 Å². The van der Waals surface area contributed by atoms with Crippen LogP contribution in [0.3, 0.4) is 0 Å². The Morgan fingerprint density at radius 3 is 3.00 bits per heavy atom. The predicted molar refractivity (Wildman–Crippen MR) is 80.1 cm³/mol. The quantitative estimate of drug-likeness (QED) is 0.810. The molecule has 3 rings (SSSR count). The van der Waals surface area contributed by atoms with E-state index in [2.05, 4.69) is 16.1 Å². The van der Waals surface area contributed by atoms with Crippen molar-refractivity contribution < 1.29 is 0 Å². The second kappa shape index (κ2) is 4.83. The molecule has 0 bridgehead atoms. The van der Waals surface area contributed by atoms with Crippen LogP contribution in [0.2, 0.25) is 5.02 Å². The number of anilines is 2. The number of benzene rings is 1. The Balaban J connectivity index is 1.99. The van der Waals surface area contributed by atoms with Crippen molar-refractivity contribution in [2.75, 3.05) is 17.2 Å². The SMILES string of the molecule is Cn1ncc(N2CCc3c(N)cccc3C2)c(Cl)c1=O. The molecule has 0 spiro atoms. The molecule has 0 saturated heterocycles. The number of nitrogens with zero attached hydrogens (tertiary/aromatic N) is 3. The normalized spacial score (nSPS) is 14.2. The molecule has 104 valence electrons. The molecule has 0 aliphatic carbocycles. The summed E-state index contributed by atoms with van der Waals surface area (Å²) >= 11 is 6.15. The van der Waals surface area contributed by atoms with E-state index in [1.54, 1.807) is 13.2 Å². The van der Waals surface area contributed by atoms with Crippen LogP contribution in [-0.2, 0) is 20.0 Å². The lowest BCUT2D eigenvalue weighted by Crippen LogP contribution is -2.33. The summed E-state index contributed by atoms with van der Waals surface area (Å²) in [5.74, 6) is 0. The van der Waals surface area contributed by atoms with E-state index >= 15 is 0 Å². The zero-order chi connectivity index (χ0) is 14.3. The molecule has 1 aromatic carbocycles. The van der Waals surface area contributed by atoms with Crippen LogP contribution in [0.1, 0.15) is 11.1 Å². The van der Waals surface area contributed by atoms with Gasteiger partial charge in [-0.25, -0.2) is 4.68 Å². The molecule has 20 heavy (non-hydrogen) atoms. The molecular weight excluding hydrogens is 276 g/mol. The van der Waals surface area contributed by atoms with Crippen LogP contribution in [0.15, 0.2) is 29.2 Å². The summed E-state index contributed by atoms with van der Waals surface area (Å²) in [4.78, 5) is 13.9. The topological polar surface area (TPSA) is 64.2 Å². The van der Waals surface area contributed by atoms with Gasteiger partial charge in [0.25, 0.3) is 5.56 Å². The van der Waals surface area contributed by atoms with Crippen molar-refractivity contribution in [1.29, 1.82) is 0 Å². The highest BCUT2D eigenvalue weighted by Gasteiger charge is 2.21. The number of aromatic nitrogens is 2. The monoisotopic (exact) mass is 290 g/mol. The number of rotatable bonds is 1. The number of nitrogens with two attached hydrogens (primary N) is 1. The van der Waals surface area contributed by atoms with Crippen LogP contribution in [0, 0.1) is 0 Å². The third-order valence-corrected chi connectivity index (χ3v) is 4.06. The molecule has 0 radical (unpaired) electrons. The largest absolute Gasteiger partial charge is 0.398 e. The molecule has 1 aliphatic rings. The van der Waals surface area contributed by atoms with Gasteiger partial charge in [-0.3, -0.25) is 4.79 Å². The highest BCUT2D eigenvalue weighted by Crippen LogP contribution is 2.29. The smallest absolute Gasteiger partial charge is 0.287 e. The summed E-state index contributed by atoms with van der Waals surface area (Å²) in [5.41, 5.74) is 9.59. The van der Waals surface area contributed by atoms with Crippen LogP contribution in [0.5, 0.6) is 0 Å². The van der Waals surface area contributed by atoms with E-state index in [-0.39, 0.29) is 10.6 Å². The standard InChI is InChI=1S/C14H15ClN4O/c1-18-14(20)13(15)12(7-17-18)19-6-5-10-9(8-19)3-2-4-11(10)16/h2-4,7H,5-6,8,16H2,1H3. The Hall–Kier alpha value is -2.01. The molecule has 0 unspecified atom stereocenters. The number of aryl methyl sites for hydroxylation is 1. The Bertz CT molecular complexity index is 726. The minimum atomic E-state index is -0.275. The molecule has 2 heterocycles. The summed E-state index contributed by atoms with van der Waals surface area (Å²) in [5, 5.41) is 4.26. The third kappa shape index (κ3) is 2.04. The minimum absolute atomic E-state index is 0.217. The fourth-order valence-electron chi connectivity index (χ4n) is 2.57. The van der Waals surface area contributed by atoms with E-state index in [4.69, 9.17) is 17.3 Å². The van der Waals surface area contributed by atoms with Gasteiger partial charge in [-0.2, -0.15) is 5.10 Å². The van der Waals surface area contributed by atoms with Gasteiger partial charge < -0.3 is 10.6 Å². The first-order chi connectivity index (χ1) is 9.58. The van der Waals surface area contributed by atoms with Crippen LogP contribution in [0.4, 0.5) is 11.4 Å². The summed E-state index contributed by atoms with van der Waals surface area (Å²) < 4.78 is 1.24. The van der Waals surface area contributed by atoms with Crippen LogP contribution in [0.25, 0.3) is 0 Å². The molecule has 6 heteroatoms. The van der Waals surface area contributed by atoms with E-state index in [1.807, 2.05) is 12.1 Å². The van der Waals surface area contributed by atoms with Crippen molar-refractivity contribution in [3.8, 4) is 0 Å². The van der Waals surface area contributed by atoms with Crippen molar-refractivity contribution in [2.24, 2.45) is 7.05 Å². The first kappa shape index (κ1) is 13.0. The fourth-order valence-corrected chi connectivity index (χ4v) is 2.86. The van der Waals surface area contributed by atoms with Gasteiger partial charge in [-0.1, -0.05) is 23.7 Å². The highest BCUT2D eigenvalue weighted by atomic mass is 35.5. The van der Waals surface area contributed by atoms with Gasteiger partial charge in [0.05, 0.1) is 11.9 Å². The van der Waals surface area contributed by atoms with Crippen LogP contribution in [-0.4, -0.2) is 16.3 Å². The van der Waals surface area contributed by atoms with Crippen LogP contribution >= 0.6 is 11.6 Å². The van der Waals surface area contributed by atoms with Gasteiger partial charge in [0.1, 0.15) is 5.02 Å². The van der Waals surface area contributed by atoms with E-state index < -0.39 is 0 Å². The highest BCUT2D eigenvalue weighted by molar-refractivity contribution is 6.33. The lowest BCUT2D eigenvalue weighted by Gasteiger charge is -2.31. The molecule has 2 aromatic rings. The van der Waals surface area contributed by atoms with Crippen molar-refractivity contribution >= 4 is 23.0 Å². The number of hydrogen-bond acceptors (Lipinski definition) is 4. The first-order valence-electron chi connectivity index (χ1n) is 6.41. The molecule has 1 aliphatic heterocycles. The van der Waals surface area contributed by atoms with Gasteiger partial charge >= 0.3 is 0 Å². The number of hydrogen-bond donors (Lipinski definition) is 1. The molecule has 5 nitrogen and oxygen atoms in total. The molecule has 1 aromatic heterocycles. The lowest BCUT2D eigenvalue weighted by atomic mass is 9.98. The maximum Gasteiger partial charge on any atom is 0.287 e. The fraction of sp³-hybridized carbons (Fsp3) is 0.286. The minimum Gasteiger partial charge on any atom is -0.398 e. The van der Waals surface area contributed by atoms with Crippen molar-refractivity contribution in [3.63, 3.8) is 0 Å². The average molecular weight is 291 g/mol. The number of nitrogen functional groups attached to an aromatic ring is 1. The molecule has 0 saturated carbocycles. The Kier molecular flexibility index (Phi) is 3.14. The van der Waals surface area contributed by atoms with E-state index in [9.17, 15) is 4.79 Å². The van der Waals surface area contributed by atoms with Crippen molar-refractivity contribution in [3.05, 3.63) is 50.9 Å². The molecule has 2 N–H and O–H groups in total. The maximum atomic E-state index is 11.9. The molecule has 0 amide bonds. The van der Waals surface area contributed by atoms with E-state index in [0.29, 0.717) is 12.2 Å². The van der Waals surface area contributed by atoms with Gasteiger partial charge in [0.2, 0.25) is 0 Å². The maximum absolute atomic E-state index is 11.9. The molecule has 0 fully saturated rings. The summed E-state index contributed by atoms with van der Waals surface area (Å²) in [6.45, 7) is 1.46. The van der Waals surface area contributed by atoms with Crippen molar-refractivity contribution in [2.45, 2.75) is 13.0 Å². The summed E-state index contributed by atoms with van der Waals surface area (Å²) in [6, 6.07) is 5.92. The van der Waals surface area contributed by atoms with Gasteiger partial charge in [0.15, 0.2) is 0 Å². The second-order valence-electron chi connectivity index (χ2n) is 4.93. The summed E-state index contributed by atoms with van der Waals surface area (Å²) in [7, 11) is 1.59. The first-order valence-corrected chi connectivity index (χ1v) is 6.78. The second-order valence-corrected chi connectivity index (χ2v) is 5.31. The average Bonchev–Trinajstić information content (AvgIpc) is 2.45. The Morgan fingerprint density at radius 2 is 2.20 bits per heavy atom. The molecule has 0 atom stereocenters. The van der Waals surface area contributed by atoms with Crippen LogP contribution < -0.4 is 16.2 Å². The van der Waals surface area contributed by atoms with Crippen molar-refractivity contribution in [1.82, 2.24) is 9.78 Å². The number of halogens is 1. The summed E-state index contributed by atoms with van der Waals surface area (Å²) in [6.07, 6.45) is 2.48. The Morgan fingerprint density at radius 1 is 1.40 bits per heavy atom. The lowest BCUT2D eigenvalue weighted by molar-refractivity contribution is 0.686. The van der Waals surface area contributed by atoms with E-state index in [0.717, 1.165) is 18.7 Å².